The van der Waals surface area contributed by atoms with Gasteiger partial charge in [-0.15, -0.1) is 0 Å². The van der Waals surface area contributed by atoms with Crippen LogP contribution in [-0.4, -0.2) is 5.91 Å². The number of carbonyl (C=O) groups is 1. The zero-order chi connectivity index (χ0) is 14.5. The number of anilines is 2. The number of aryl methyl sites for hydroxylation is 1. The van der Waals surface area contributed by atoms with Crippen LogP contribution in [0.4, 0.5) is 15.8 Å². The Morgan fingerprint density at radius 2 is 2.00 bits per heavy atom. The highest BCUT2D eigenvalue weighted by molar-refractivity contribution is 6.31. The van der Waals surface area contributed by atoms with Gasteiger partial charge in [0.15, 0.2) is 0 Å². The Hall–Kier alpha value is -2.07. The number of para-hydroxylation sites is 1. The monoisotopic (exact) mass is 292 g/mol. The molecular formula is C15H14ClFN2O. The maximum absolute atomic E-state index is 13.0. The van der Waals surface area contributed by atoms with Crippen molar-refractivity contribution in [2.45, 2.75) is 12.8 Å². The van der Waals surface area contributed by atoms with Crippen LogP contribution in [0.25, 0.3) is 0 Å². The third-order valence-corrected chi connectivity index (χ3v) is 3.17. The molecule has 3 N–H and O–H groups in total. The molecule has 0 saturated carbocycles. The maximum Gasteiger partial charge on any atom is 0.224 e. The Balaban J connectivity index is 1.93. The van der Waals surface area contributed by atoms with Crippen LogP contribution in [0.2, 0.25) is 5.02 Å². The van der Waals surface area contributed by atoms with Gasteiger partial charge in [0.05, 0.1) is 5.02 Å². The molecule has 0 atom stereocenters. The SMILES string of the molecule is Nc1ccccc1CCC(=O)Nc1ccc(F)c(Cl)c1. The van der Waals surface area contributed by atoms with Gasteiger partial charge in [0.1, 0.15) is 5.82 Å². The van der Waals surface area contributed by atoms with Gasteiger partial charge in [-0.3, -0.25) is 4.79 Å². The number of halogens is 2. The lowest BCUT2D eigenvalue weighted by Gasteiger charge is -2.07. The molecule has 0 aliphatic rings. The average Bonchev–Trinajstić information content (AvgIpc) is 2.42. The molecule has 1 amide bonds. The maximum atomic E-state index is 13.0. The number of hydrogen-bond acceptors (Lipinski definition) is 2. The van der Waals surface area contributed by atoms with Crippen molar-refractivity contribution < 1.29 is 9.18 Å². The second-order valence-electron chi connectivity index (χ2n) is 4.38. The van der Waals surface area contributed by atoms with E-state index >= 15 is 0 Å². The quantitative estimate of drug-likeness (QED) is 0.846. The fourth-order valence-electron chi connectivity index (χ4n) is 1.81. The molecule has 0 spiro atoms. The lowest BCUT2D eigenvalue weighted by molar-refractivity contribution is -0.116. The summed E-state index contributed by atoms with van der Waals surface area (Å²) >= 11 is 5.65. The molecule has 0 bridgehead atoms. The molecule has 104 valence electrons. The number of rotatable bonds is 4. The number of benzene rings is 2. The summed E-state index contributed by atoms with van der Waals surface area (Å²) < 4.78 is 13.0. The van der Waals surface area contributed by atoms with Crippen LogP contribution in [0.3, 0.4) is 0 Å². The lowest BCUT2D eigenvalue weighted by Crippen LogP contribution is -2.12. The number of hydrogen-bond donors (Lipinski definition) is 2. The molecule has 0 aromatic heterocycles. The predicted octanol–water partition coefficient (Wildman–Crippen LogP) is 3.63. The molecule has 2 aromatic rings. The zero-order valence-electron chi connectivity index (χ0n) is 10.7. The van der Waals surface area contributed by atoms with E-state index < -0.39 is 5.82 Å². The van der Waals surface area contributed by atoms with E-state index in [4.69, 9.17) is 17.3 Å². The molecule has 0 aliphatic carbocycles. The van der Waals surface area contributed by atoms with Crippen molar-refractivity contribution in [3.8, 4) is 0 Å². The van der Waals surface area contributed by atoms with Crippen molar-refractivity contribution in [1.82, 2.24) is 0 Å². The molecule has 0 radical (unpaired) electrons. The Bertz CT molecular complexity index is 631. The minimum absolute atomic E-state index is 0.0184. The van der Waals surface area contributed by atoms with Gasteiger partial charge < -0.3 is 11.1 Å². The van der Waals surface area contributed by atoms with Crippen molar-refractivity contribution in [1.29, 1.82) is 0 Å². The number of nitrogens with two attached hydrogens (primary N) is 1. The van der Waals surface area contributed by atoms with Crippen molar-refractivity contribution in [2.75, 3.05) is 11.1 Å². The number of nitrogen functional groups attached to an aromatic ring is 1. The highest BCUT2D eigenvalue weighted by atomic mass is 35.5. The van der Waals surface area contributed by atoms with Gasteiger partial charge in [0, 0.05) is 17.8 Å². The standard InChI is InChI=1S/C15H14ClFN2O/c16-12-9-11(6-7-13(12)17)19-15(20)8-5-10-3-1-2-4-14(10)18/h1-4,6-7,9H,5,8,18H2,(H,19,20). The normalized spacial score (nSPS) is 10.3. The smallest absolute Gasteiger partial charge is 0.224 e. The van der Waals surface area contributed by atoms with Crippen molar-refractivity contribution in [2.24, 2.45) is 0 Å². The van der Waals surface area contributed by atoms with E-state index in [-0.39, 0.29) is 10.9 Å². The van der Waals surface area contributed by atoms with Crippen LogP contribution < -0.4 is 11.1 Å². The zero-order valence-corrected chi connectivity index (χ0v) is 11.5. The van der Waals surface area contributed by atoms with Crippen LogP contribution in [0.1, 0.15) is 12.0 Å². The van der Waals surface area contributed by atoms with Crippen LogP contribution in [0.15, 0.2) is 42.5 Å². The van der Waals surface area contributed by atoms with Gasteiger partial charge in [0.2, 0.25) is 5.91 Å². The molecule has 2 aromatic carbocycles. The molecule has 20 heavy (non-hydrogen) atoms. The van der Waals surface area contributed by atoms with Gasteiger partial charge in [-0.25, -0.2) is 4.39 Å². The topological polar surface area (TPSA) is 55.1 Å². The Morgan fingerprint density at radius 3 is 2.70 bits per heavy atom. The third kappa shape index (κ3) is 3.71. The minimum Gasteiger partial charge on any atom is -0.399 e. The van der Waals surface area contributed by atoms with E-state index in [1.165, 1.54) is 18.2 Å². The van der Waals surface area contributed by atoms with Crippen molar-refractivity contribution >= 4 is 28.9 Å². The van der Waals surface area contributed by atoms with E-state index in [1.807, 2.05) is 18.2 Å². The number of amides is 1. The summed E-state index contributed by atoms with van der Waals surface area (Å²) in [6.07, 6.45) is 0.844. The first-order valence-corrected chi connectivity index (χ1v) is 6.52. The summed E-state index contributed by atoms with van der Waals surface area (Å²) in [5, 5.41) is 2.65. The van der Waals surface area contributed by atoms with E-state index in [0.29, 0.717) is 24.2 Å². The lowest BCUT2D eigenvalue weighted by atomic mass is 10.1. The highest BCUT2D eigenvalue weighted by Crippen LogP contribution is 2.20. The van der Waals surface area contributed by atoms with Crippen LogP contribution in [0, 0.1) is 5.82 Å². The minimum atomic E-state index is -0.512. The molecule has 0 fully saturated rings. The van der Waals surface area contributed by atoms with E-state index in [9.17, 15) is 9.18 Å². The molecule has 2 rings (SSSR count). The largest absolute Gasteiger partial charge is 0.399 e. The van der Waals surface area contributed by atoms with Gasteiger partial charge in [-0.05, 0) is 36.2 Å². The van der Waals surface area contributed by atoms with E-state index in [2.05, 4.69) is 5.32 Å². The summed E-state index contributed by atoms with van der Waals surface area (Å²) in [4.78, 5) is 11.8. The molecule has 0 unspecified atom stereocenters. The predicted molar refractivity (Wildman–Crippen MR) is 79.2 cm³/mol. The summed E-state index contributed by atoms with van der Waals surface area (Å²) in [5.41, 5.74) is 7.88. The second-order valence-corrected chi connectivity index (χ2v) is 4.78. The first kappa shape index (κ1) is 14.3. The van der Waals surface area contributed by atoms with E-state index in [0.717, 1.165) is 5.56 Å². The molecule has 0 heterocycles. The van der Waals surface area contributed by atoms with Gasteiger partial charge in [0.25, 0.3) is 0 Å². The van der Waals surface area contributed by atoms with E-state index in [1.54, 1.807) is 6.07 Å². The molecule has 5 heteroatoms. The van der Waals surface area contributed by atoms with Gasteiger partial charge in [-0.1, -0.05) is 29.8 Å². The highest BCUT2D eigenvalue weighted by Gasteiger charge is 2.06. The Morgan fingerprint density at radius 1 is 1.25 bits per heavy atom. The first-order chi connectivity index (χ1) is 9.56. The molecule has 0 saturated heterocycles. The third-order valence-electron chi connectivity index (χ3n) is 2.88. The van der Waals surface area contributed by atoms with Crippen LogP contribution >= 0.6 is 11.6 Å². The Labute approximate surface area is 121 Å². The summed E-state index contributed by atoms with van der Waals surface area (Å²) in [6, 6.07) is 11.5. The van der Waals surface area contributed by atoms with Crippen LogP contribution in [0.5, 0.6) is 0 Å². The summed E-state index contributed by atoms with van der Waals surface area (Å²) in [6.45, 7) is 0. The fourth-order valence-corrected chi connectivity index (χ4v) is 1.99. The van der Waals surface area contributed by atoms with Gasteiger partial charge >= 0.3 is 0 Å². The summed E-state index contributed by atoms with van der Waals surface area (Å²) in [7, 11) is 0. The fraction of sp³-hybridized carbons (Fsp3) is 0.133. The molecule has 3 nitrogen and oxygen atoms in total. The number of carbonyl (C=O) groups excluding carboxylic acids is 1. The Kier molecular flexibility index (Phi) is 4.58. The van der Waals surface area contributed by atoms with Crippen molar-refractivity contribution in [3.05, 3.63) is 58.9 Å². The van der Waals surface area contributed by atoms with Crippen LogP contribution in [-0.2, 0) is 11.2 Å². The first-order valence-electron chi connectivity index (χ1n) is 6.14. The van der Waals surface area contributed by atoms with Crippen molar-refractivity contribution in [3.63, 3.8) is 0 Å². The number of nitrogens with one attached hydrogen (secondary N) is 1. The molecular weight excluding hydrogens is 279 g/mol. The van der Waals surface area contributed by atoms with Gasteiger partial charge in [-0.2, -0.15) is 0 Å². The molecule has 0 aliphatic heterocycles. The summed E-state index contributed by atoms with van der Waals surface area (Å²) in [5.74, 6) is -0.683. The second kappa shape index (κ2) is 6.39. The average molecular weight is 293 g/mol.